The molecule has 0 spiro atoms. The maximum Gasteiger partial charge on any atom is 0.321 e. The highest BCUT2D eigenvalue weighted by Gasteiger charge is 2.17. The van der Waals surface area contributed by atoms with E-state index in [1.807, 2.05) is 31.2 Å². The van der Waals surface area contributed by atoms with Crippen molar-refractivity contribution in [3.8, 4) is 22.4 Å². The highest BCUT2D eigenvalue weighted by atomic mass is 19.1. The van der Waals surface area contributed by atoms with E-state index < -0.39 is 5.82 Å². The number of hydrogen-bond donors (Lipinski definition) is 4. The van der Waals surface area contributed by atoms with Crippen molar-refractivity contribution in [2.75, 3.05) is 24.2 Å². The molecule has 0 bridgehead atoms. The number of nitrogens with one attached hydrogen (secondary N) is 4. The molecule has 0 saturated heterocycles. The number of imidazole rings is 1. The number of pyridine rings is 2. The molecule has 2 amide bonds. The summed E-state index contributed by atoms with van der Waals surface area (Å²) in [7, 11) is 1.79. The molecule has 1 aromatic carbocycles. The van der Waals surface area contributed by atoms with Crippen molar-refractivity contribution in [1.29, 1.82) is 0 Å². The Morgan fingerprint density at radius 2 is 2.03 bits per heavy atom. The third-order valence-corrected chi connectivity index (χ3v) is 4.53. The Morgan fingerprint density at radius 1 is 1.17 bits per heavy atom. The fourth-order valence-electron chi connectivity index (χ4n) is 3.13. The highest BCUT2D eigenvalue weighted by molar-refractivity contribution is 5.98. The zero-order valence-electron chi connectivity index (χ0n) is 16.5. The number of aromatic nitrogens is 4. The summed E-state index contributed by atoms with van der Waals surface area (Å²) in [6.07, 6.45) is 3.26. The molecule has 0 aliphatic carbocycles. The fraction of sp³-hybridized carbons (Fsp3) is 0.143. The quantitative estimate of drug-likeness (QED) is 0.401. The molecule has 0 aliphatic heterocycles. The number of H-pyrrole nitrogens is 1. The largest absolute Gasteiger partial charge is 0.373 e. The van der Waals surface area contributed by atoms with Crippen molar-refractivity contribution < 1.29 is 9.18 Å². The molecule has 3 heterocycles. The Morgan fingerprint density at radius 3 is 2.73 bits per heavy atom. The number of nitrogens with zero attached hydrogens (tertiary/aromatic N) is 3. The summed E-state index contributed by atoms with van der Waals surface area (Å²) >= 11 is 0. The molecule has 4 N–H and O–H groups in total. The third-order valence-electron chi connectivity index (χ3n) is 4.53. The van der Waals surface area contributed by atoms with Crippen molar-refractivity contribution in [3.05, 3.63) is 54.6 Å². The number of amides is 2. The van der Waals surface area contributed by atoms with Crippen molar-refractivity contribution >= 4 is 28.8 Å². The average Bonchev–Trinajstić information content (AvgIpc) is 3.16. The van der Waals surface area contributed by atoms with Crippen LogP contribution in [-0.4, -0.2) is 39.6 Å². The minimum absolute atomic E-state index is 0.192. The summed E-state index contributed by atoms with van der Waals surface area (Å²) in [5.74, 6) is 0.547. The van der Waals surface area contributed by atoms with Gasteiger partial charge in [-0.05, 0) is 48.9 Å². The highest BCUT2D eigenvalue weighted by Crippen LogP contribution is 2.34. The van der Waals surface area contributed by atoms with Gasteiger partial charge in [0.15, 0.2) is 0 Å². The molecule has 3 aromatic heterocycles. The second-order valence-electron chi connectivity index (χ2n) is 6.50. The Bertz CT molecular complexity index is 1200. The van der Waals surface area contributed by atoms with Crippen LogP contribution in [0.5, 0.6) is 0 Å². The summed E-state index contributed by atoms with van der Waals surface area (Å²) < 4.78 is 14.6. The topological polar surface area (TPSA) is 108 Å². The van der Waals surface area contributed by atoms with Gasteiger partial charge in [-0.3, -0.25) is 10.3 Å². The smallest absolute Gasteiger partial charge is 0.321 e. The maximum absolute atomic E-state index is 14.6. The lowest BCUT2D eigenvalue weighted by molar-refractivity contribution is 0.252. The summed E-state index contributed by atoms with van der Waals surface area (Å²) in [5, 5.41) is 8.27. The van der Waals surface area contributed by atoms with Crippen molar-refractivity contribution in [2.24, 2.45) is 0 Å². The average molecular weight is 405 g/mol. The van der Waals surface area contributed by atoms with Gasteiger partial charge in [0, 0.05) is 37.1 Å². The molecule has 0 atom stereocenters. The van der Waals surface area contributed by atoms with Crippen molar-refractivity contribution in [3.63, 3.8) is 0 Å². The van der Waals surface area contributed by atoms with Gasteiger partial charge in [0.05, 0.1) is 11.0 Å². The SMILES string of the molecule is CCNC(=O)Nc1nc2cc(-c3ccc(NC)nc3)cc(-c3ncccc3F)c2[nH]1. The number of carbonyl (C=O) groups excluding carboxylic acids is 1. The number of fused-ring (bicyclic) bond motifs is 1. The molecule has 152 valence electrons. The lowest BCUT2D eigenvalue weighted by Gasteiger charge is -2.08. The van der Waals surface area contributed by atoms with E-state index in [-0.39, 0.29) is 17.7 Å². The zero-order chi connectivity index (χ0) is 21.1. The van der Waals surface area contributed by atoms with Gasteiger partial charge in [0.2, 0.25) is 5.95 Å². The van der Waals surface area contributed by atoms with Crippen molar-refractivity contribution in [2.45, 2.75) is 6.92 Å². The monoisotopic (exact) mass is 405 g/mol. The van der Waals surface area contributed by atoms with Crippen LogP contribution in [-0.2, 0) is 0 Å². The number of benzene rings is 1. The van der Waals surface area contributed by atoms with Gasteiger partial charge in [-0.2, -0.15) is 0 Å². The number of aromatic amines is 1. The number of hydrogen-bond acceptors (Lipinski definition) is 5. The number of halogens is 1. The first-order valence-electron chi connectivity index (χ1n) is 9.42. The molecular formula is C21H20FN7O. The van der Waals surface area contributed by atoms with Crippen molar-refractivity contribution in [1.82, 2.24) is 25.3 Å². The fourth-order valence-corrected chi connectivity index (χ4v) is 3.13. The van der Waals surface area contributed by atoms with Gasteiger partial charge in [-0.15, -0.1) is 0 Å². The number of carbonyl (C=O) groups is 1. The van der Waals surface area contributed by atoms with Gasteiger partial charge < -0.3 is 15.6 Å². The molecule has 0 radical (unpaired) electrons. The summed E-state index contributed by atoms with van der Waals surface area (Å²) in [6.45, 7) is 2.30. The molecular weight excluding hydrogens is 385 g/mol. The van der Waals surface area contributed by atoms with Crippen LogP contribution in [0.4, 0.5) is 21.0 Å². The van der Waals surface area contributed by atoms with Crippen LogP contribution < -0.4 is 16.0 Å². The van der Waals surface area contributed by atoms with Crippen LogP contribution >= 0.6 is 0 Å². The van der Waals surface area contributed by atoms with E-state index in [4.69, 9.17) is 0 Å². The molecule has 4 rings (SSSR count). The van der Waals surface area contributed by atoms with Crippen LogP contribution in [0.15, 0.2) is 48.8 Å². The second kappa shape index (κ2) is 8.16. The van der Waals surface area contributed by atoms with E-state index in [1.165, 1.54) is 18.3 Å². The number of urea groups is 1. The molecule has 0 saturated carbocycles. The van der Waals surface area contributed by atoms with E-state index in [9.17, 15) is 9.18 Å². The van der Waals surface area contributed by atoms with E-state index in [0.29, 0.717) is 23.1 Å². The maximum atomic E-state index is 14.6. The van der Waals surface area contributed by atoms with E-state index in [0.717, 1.165) is 16.9 Å². The summed E-state index contributed by atoms with van der Waals surface area (Å²) in [6, 6.07) is 9.97. The van der Waals surface area contributed by atoms with Gasteiger partial charge in [-0.1, -0.05) is 0 Å². The molecule has 0 fully saturated rings. The lowest BCUT2D eigenvalue weighted by atomic mass is 10.0. The normalized spacial score (nSPS) is 10.8. The van der Waals surface area contributed by atoms with E-state index >= 15 is 0 Å². The third kappa shape index (κ3) is 3.77. The molecule has 0 aliphatic rings. The Kier molecular flexibility index (Phi) is 5.25. The van der Waals surface area contributed by atoms with Crippen LogP contribution in [0.25, 0.3) is 33.4 Å². The van der Waals surface area contributed by atoms with Crippen LogP contribution in [0.1, 0.15) is 6.92 Å². The lowest BCUT2D eigenvalue weighted by Crippen LogP contribution is -2.28. The first-order chi connectivity index (χ1) is 14.6. The van der Waals surface area contributed by atoms with Gasteiger partial charge in [0.1, 0.15) is 17.3 Å². The molecule has 4 aromatic rings. The Balaban J connectivity index is 1.87. The van der Waals surface area contributed by atoms with Gasteiger partial charge >= 0.3 is 6.03 Å². The number of anilines is 2. The van der Waals surface area contributed by atoms with Gasteiger partial charge in [-0.25, -0.2) is 19.2 Å². The minimum atomic E-state index is -0.451. The first-order valence-corrected chi connectivity index (χ1v) is 9.42. The molecule has 30 heavy (non-hydrogen) atoms. The zero-order valence-corrected chi connectivity index (χ0v) is 16.5. The predicted molar refractivity (Wildman–Crippen MR) is 115 cm³/mol. The number of rotatable bonds is 5. The van der Waals surface area contributed by atoms with Crippen LogP contribution in [0.3, 0.4) is 0 Å². The van der Waals surface area contributed by atoms with Crippen LogP contribution in [0.2, 0.25) is 0 Å². The van der Waals surface area contributed by atoms with E-state index in [2.05, 4.69) is 35.9 Å². The van der Waals surface area contributed by atoms with Crippen LogP contribution in [0, 0.1) is 5.82 Å². The minimum Gasteiger partial charge on any atom is -0.373 e. The van der Waals surface area contributed by atoms with E-state index in [1.54, 1.807) is 13.2 Å². The Labute approximate surface area is 172 Å². The summed E-state index contributed by atoms with van der Waals surface area (Å²) in [4.78, 5) is 28.0. The van der Waals surface area contributed by atoms with Gasteiger partial charge in [0.25, 0.3) is 0 Å². The molecule has 9 heteroatoms. The summed E-state index contributed by atoms with van der Waals surface area (Å²) in [5.41, 5.74) is 3.51. The predicted octanol–water partition coefficient (Wildman–Crippen LogP) is 4.01. The standard InChI is InChI=1S/C21H20FN7O/c1-3-24-21(30)29-20-27-16-10-13(12-6-7-17(23-2)26-11-12)9-14(19(16)28-20)18-15(22)5-4-8-25-18/h4-11H,3H2,1-2H3,(H,23,26)(H3,24,27,28,29,30). The molecule has 0 unspecified atom stereocenters. The first kappa shape index (κ1) is 19.3. The Hall–Kier alpha value is -4.01. The second-order valence-corrected chi connectivity index (χ2v) is 6.50. The molecule has 8 nitrogen and oxygen atoms in total.